The number of amides is 2. The highest BCUT2D eigenvalue weighted by atomic mass is 16.5. The number of para-hydroxylation sites is 1. The van der Waals surface area contributed by atoms with Crippen LogP contribution >= 0.6 is 0 Å². The third-order valence-electron chi connectivity index (χ3n) is 7.51. The van der Waals surface area contributed by atoms with Crippen LogP contribution in [0.25, 0.3) is 11.0 Å². The molecule has 3 aromatic carbocycles. The first-order valence-electron chi connectivity index (χ1n) is 13.8. The van der Waals surface area contributed by atoms with Crippen LogP contribution in [0.4, 0.5) is 5.69 Å². The van der Waals surface area contributed by atoms with Crippen LogP contribution in [0.3, 0.4) is 0 Å². The van der Waals surface area contributed by atoms with E-state index in [0.29, 0.717) is 22.4 Å². The maximum absolute atomic E-state index is 14.1. The highest BCUT2D eigenvalue weighted by Crippen LogP contribution is 2.30. The van der Waals surface area contributed by atoms with E-state index in [9.17, 15) is 19.2 Å². The number of benzene rings is 3. The fourth-order valence-corrected chi connectivity index (χ4v) is 5.32. The Kier molecular flexibility index (Phi) is 8.29. The van der Waals surface area contributed by atoms with Crippen molar-refractivity contribution >= 4 is 34.3 Å². The number of Topliss-reactive ketones (excluding diaryl/α,β-unsaturated/α-hetero) is 1. The van der Waals surface area contributed by atoms with E-state index in [0.717, 1.165) is 42.6 Å². The Morgan fingerprint density at radius 2 is 1.66 bits per heavy atom. The van der Waals surface area contributed by atoms with E-state index in [-0.39, 0.29) is 17.2 Å². The second kappa shape index (κ2) is 12.2. The maximum atomic E-state index is 14.1. The van der Waals surface area contributed by atoms with E-state index in [4.69, 9.17) is 9.15 Å². The molecule has 2 amide bonds. The first kappa shape index (κ1) is 27.8. The lowest BCUT2D eigenvalue weighted by molar-refractivity contribution is -0.126. The van der Waals surface area contributed by atoms with Gasteiger partial charge in [-0.25, -0.2) is 0 Å². The van der Waals surface area contributed by atoms with Crippen molar-refractivity contribution in [1.82, 2.24) is 5.32 Å². The van der Waals surface area contributed by atoms with Crippen LogP contribution in [-0.2, 0) is 9.59 Å². The Balaban J connectivity index is 1.65. The summed E-state index contributed by atoms with van der Waals surface area (Å²) in [6.07, 6.45) is 5.87. The zero-order valence-corrected chi connectivity index (χ0v) is 23.1. The van der Waals surface area contributed by atoms with Crippen LogP contribution in [0.15, 0.2) is 88.3 Å². The molecule has 1 aromatic heterocycles. The zero-order chi connectivity index (χ0) is 28.9. The average molecular weight is 553 g/mol. The number of ether oxygens (including phenoxy) is 1. The maximum Gasteiger partial charge on any atom is 0.300 e. The highest BCUT2D eigenvalue weighted by molar-refractivity contribution is 6.47. The quantitative estimate of drug-likeness (QED) is 0.228. The summed E-state index contributed by atoms with van der Waals surface area (Å²) in [5, 5.41) is 3.35. The molecular weight excluding hydrogens is 520 g/mol. The normalized spacial score (nSPS) is 14.3. The Bertz CT molecular complexity index is 1620. The molecule has 1 aliphatic rings. The Labute approximate surface area is 237 Å². The smallest absolute Gasteiger partial charge is 0.300 e. The van der Waals surface area contributed by atoms with Gasteiger partial charge in [0.05, 0.1) is 18.1 Å². The van der Waals surface area contributed by atoms with Gasteiger partial charge in [-0.3, -0.25) is 24.1 Å². The molecule has 1 aliphatic carbocycles. The van der Waals surface area contributed by atoms with Crippen molar-refractivity contribution in [2.45, 2.75) is 51.1 Å². The number of carbonyl (C=O) groups excluding carboxylic acids is 3. The number of rotatable bonds is 8. The number of anilines is 1. The molecule has 1 N–H and O–H groups in total. The van der Waals surface area contributed by atoms with Crippen LogP contribution in [0.1, 0.15) is 59.6 Å². The lowest BCUT2D eigenvalue weighted by Gasteiger charge is -2.32. The van der Waals surface area contributed by atoms with Crippen molar-refractivity contribution in [1.29, 1.82) is 0 Å². The average Bonchev–Trinajstić information content (AvgIpc) is 3.01. The Morgan fingerprint density at radius 1 is 0.951 bits per heavy atom. The molecule has 210 valence electrons. The number of aryl methyl sites for hydroxylation is 1. The molecule has 1 fully saturated rings. The van der Waals surface area contributed by atoms with E-state index in [1.165, 1.54) is 25.5 Å². The molecule has 0 radical (unpaired) electrons. The van der Waals surface area contributed by atoms with Crippen LogP contribution in [-0.4, -0.2) is 30.7 Å². The molecule has 0 saturated heterocycles. The zero-order valence-electron chi connectivity index (χ0n) is 23.1. The van der Waals surface area contributed by atoms with Crippen LogP contribution in [0, 0.1) is 6.92 Å². The molecule has 0 spiro atoms. The summed E-state index contributed by atoms with van der Waals surface area (Å²) < 4.78 is 11.0. The largest absolute Gasteiger partial charge is 0.497 e. The minimum atomic E-state index is -1.45. The van der Waals surface area contributed by atoms with Crippen LogP contribution in [0.5, 0.6) is 5.75 Å². The van der Waals surface area contributed by atoms with Gasteiger partial charge >= 0.3 is 0 Å². The van der Waals surface area contributed by atoms with Gasteiger partial charge in [0.2, 0.25) is 5.91 Å². The van der Waals surface area contributed by atoms with Gasteiger partial charge in [0.15, 0.2) is 5.43 Å². The third-order valence-corrected chi connectivity index (χ3v) is 7.51. The third kappa shape index (κ3) is 5.91. The fraction of sp³-hybridized carbons (Fsp3) is 0.273. The molecule has 41 heavy (non-hydrogen) atoms. The molecule has 0 bridgehead atoms. The summed E-state index contributed by atoms with van der Waals surface area (Å²) in [6.45, 7) is 1.85. The Morgan fingerprint density at radius 3 is 2.34 bits per heavy atom. The summed E-state index contributed by atoms with van der Waals surface area (Å²) in [5.41, 5.74) is 1.16. The Hall–Kier alpha value is -4.72. The number of ketones is 1. The summed E-state index contributed by atoms with van der Waals surface area (Å²) in [5.74, 6) is -1.79. The van der Waals surface area contributed by atoms with Gasteiger partial charge in [0, 0.05) is 17.3 Å². The van der Waals surface area contributed by atoms with Gasteiger partial charge < -0.3 is 14.5 Å². The molecule has 1 unspecified atom stereocenters. The van der Waals surface area contributed by atoms with Gasteiger partial charge in [-0.1, -0.05) is 49.1 Å². The summed E-state index contributed by atoms with van der Waals surface area (Å²) in [6, 6.07) is 18.3. The molecular formula is C33H32N2O6. The number of methoxy groups -OCH3 is 1. The molecule has 8 heteroatoms. The van der Waals surface area contributed by atoms with Gasteiger partial charge in [-0.05, 0) is 68.3 Å². The topological polar surface area (TPSA) is 106 Å². The number of nitrogens with zero attached hydrogens (tertiary/aromatic N) is 1. The molecule has 1 saturated carbocycles. The van der Waals surface area contributed by atoms with E-state index < -0.39 is 29.1 Å². The van der Waals surface area contributed by atoms with E-state index in [2.05, 4.69) is 5.32 Å². The molecule has 1 heterocycles. The van der Waals surface area contributed by atoms with Crippen molar-refractivity contribution in [3.05, 3.63) is 106 Å². The van der Waals surface area contributed by atoms with Crippen LogP contribution in [0.2, 0.25) is 0 Å². The second-order valence-electron chi connectivity index (χ2n) is 10.3. The SMILES string of the molecule is COc1ccc(C(=O)C(=O)N(c2ccccc2)C(C(=O)NC2CCCCC2)c2coc3ccc(C)cc3c2=O)cc1. The van der Waals surface area contributed by atoms with Crippen molar-refractivity contribution in [3.8, 4) is 5.75 Å². The first-order chi connectivity index (χ1) is 19.9. The number of carbonyl (C=O) groups is 3. The van der Waals surface area contributed by atoms with Gasteiger partial charge in [-0.15, -0.1) is 0 Å². The van der Waals surface area contributed by atoms with Crippen molar-refractivity contribution in [2.75, 3.05) is 12.0 Å². The lowest BCUT2D eigenvalue weighted by atomic mass is 9.94. The molecule has 8 nitrogen and oxygen atoms in total. The van der Waals surface area contributed by atoms with Crippen molar-refractivity contribution in [3.63, 3.8) is 0 Å². The van der Waals surface area contributed by atoms with Gasteiger partial charge in [0.25, 0.3) is 11.7 Å². The van der Waals surface area contributed by atoms with Crippen LogP contribution < -0.4 is 20.4 Å². The van der Waals surface area contributed by atoms with Gasteiger partial charge in [-0.2, -0.15) is 0 Å². The number of nitrogens with one attached hydrogen (secondary N) is 1. The predicted molar refractivity (Wildman–Crippen MR) is 156 cm³/mol. The summed E-state index contributed by atoms with van der Waals surface area (Å²) in [7, 11) is 1.51. The minimum absolute atomic E-state index is 0.0313. The number of hydrogen-bond donors (Lipinski definition) is 1. The standard InChI is InChI=1S/C33H32N2O6/c1-21-13-18-28-26(19-21)31(37)27(20-41-28)29(32(38)34-23-9-5-3-6-10-23)35(24-11-7-4-8-12-24)33(39)30(36)22-14-16-25(40-2)17-15-22/h4,7-8,11-20,23,29H,3,5-6,9-10H2,1-2H3,(H,34,38). The molecule has 0 aliphatic heterocycles. The first-order valence-corrected chi connectivity index (χ1v) is 13.8. The van der Waals surface area contributed by atoms with Gasteiger partial charge in [0.1, 0.15) is 23.6 Å². The number of fused-ring (bicyclic) bond motifs is 1. The summed E-state index contributed by atoms with van der Waals surface area (Å²) >= 11 is 0. The van der Waals surface area contributed by atoms with Crippen molar-refractivity contribution < 1.29 is 23.5 Å². The lowest BCUT2D eigenvalue weighted by Crippen LogP contribution is -2.50. The second-order valence-corrected chi connectivity index (χ2v) is 10.3. The van der Waals surface area contributed by atoms with E-state index in [1.54, 1.807) is 54.6 Å². The van der Waals surface area contributed by atoms with E-state index in [1.807, 2.05) is 13.0 Å². The number of hydrogen-bond acceptors (Lipinski definition) is 6. The monoisotopic (exact) mass is 552 g/mol. The molecule has 5 rings (SSSR count). The molecule has 1 atom stereocenters. The minimum Gasteiger partial charge on any atom is -0.497 e. The van der Waals surface area contributed by atoms with Crippen molar-refractivity contribution in [2.24, 2.45) is 0 Å². The predicted octanol–water partition coefficient (Wildman–Crippen LogP) is 5.52. The fourth-order valence-electron chi connectivity index (χ4n) is 5.32. The summed E-state index contributed by atoms with van der Waals surface area (Å²) in [4.78, 5) is 56.8. The molecule has 4 aromatic rings. The highest BCUT2D eigenvalue weighted by Gasteiger charge is 2.39. The van der Waals surface area contributed by atoms with E-state index >= 15 is 0 Å².